The van der Waals surface area contributed by atoms with Gasteiger partial charge < -0.3 is 0 Å². The van der Waals surface area contributed by atoms with E-state index in [1.807, 2.05) is 0 Å². The van der Waals surface area contributed by atoms with Crippen molar-refractivity contribution in [2.24, 2.45) is 5.41 Å². The van der Waals surface area contributed by atoms with Crippen molar-refractivity contribution in [3.8, 4) is 12.1 Å². The third-order valence-corrected chi connectivity index (χ3v) is 2.77. The molecule has 0 saturated heterocycles. The summed E-state index contributed by atoms with van der Waals surface area (Å²) in [5.41, 5.74) is -1.20. The molecule has 1 aromatic rings. The van der Waals surface area contributed by atoms with Gasteiger partial charge in [-0.05, 0) is 24.1 Å². The highest BCUT2D eigenvalue weighted by atomic mass is 35.5. The van der Waals surface area contributed by atoms with Gasteiger partial charge in [0.15, 0.2) is 0 Å². The van der Waals surface area contributed by atoms with E-state index in [0.29, 0.717) is 5.56 Å². The molecule has 0 atom stereocenters. The average Bonchev–Trinajstić information content (AvgIpc) is 2.34. The molecule has 0 unspecified atom stereocenters. The van der Waals surface area contributed by atoms with Crippen LogP contribution in [-0.4, -0.2) is 11.2 Å². The number of alkyl halides is 3. The molecule has 1 aromatic heterocycles. The number of hydrogen-bond donors (Lipinski definition) is 0. The monoisotopic (exact) mass is 287 g/mol. The first-order valence-corrected chi connectivity index (χ1v) is 5.68. The maximum atomic E-state index is 12.2. The van der Waals surface area contributed by atoms with Gasteiger partial charge in [-0.15, -0.1) is 0 Å². The summed E-state index contributed by atoms with van der Waals surface area (Å²) < 4.78 is 36.6. The fraction of sp³-hybridized carbons (Fsp3) is 0.417. The molecular weight excluding hydrogens is 279 g/mol. The van der Waals surface area contributed by atoms with Crippen molar-refractivity contribution in [2.45, 2.75) is 25.4 Å². The quantitative estimate of drug-likeness (QED) is 0.794. The summed E-state index contributed by atoms with van der Waals surface area (Å²) in [6.45, 7) is 0. The number of halogens is 4. The van der Waals surface area contributed by atoms with Crippen LogP contribution in [0.25, 0.3) is 0 Å². The zero-order valence-electron chi connectivity index (χ0n) is 9.71. The normalized spacial score (nSPS) is 11.7. The Morgan fingerprint density at radius 3 is 2.32 bits per heavy atom. The molecule has 1 rings (SSSR count). The third kappa shape index (κ3) is 4.76. The van der Waals surface area contributed by atoms with E-state index in [-0.39, 0.29) is 11.6 Å². The lowest BCUT2D eigenvalue weighted by atomic mass is 9.80. The van der Waals surface area contributed by atoms with Gasteiger partial charge in [-0.3, -0.25) is 0 Å². The van der Waals surface area contributed by atoms with Crippen LogP contribution in [0.3, 0.4) is 0 Å². The third-order valence-electron chi connectivity index (χ3n) is 2.56. The summed E-state index contributed by atoms with van der Waals surface area (Å²) in [6.07, 6.45) is -4.87. The van der Waals surface area contributed by atoms with Crippen molar-refractivity contribution < 1.29 is 13.2 Å². The first-order chi connectivity index (χ1) is 8.80. The van der Waals surface area contributed by atoms with Crippen molar-refractivity contribution in [2.75, 3.05) is 0 Å². The maximum absolute atomic E-state index is 12.2. The fourth-order valence-corrected chi connectivity index (χ4v) is 1.76. The first kappa shape index (κ1) is 15.3. The van der Waals surface area contributed by atoms with Crippen LogP contribution in [-0.2, 0) is 6.42 Å². The SMILES string of the molecule is N#CC(C#N)(CCC(F)(F)F)Cc1ccnc(Cl)c1. The zero-order chi connectivity index (χ0) is 14.5. The van der Waals surface area contributed by atoms with Gasteiger partial charge in [0.05, 0.1) is 12.1 Å². The number of aromatic nitrogens is 1. The summed E-state index contributed by atoms with van der Waals surface area (Å²) >= 11 is 5.65. The minimum Gasteiger partial charge on any atom is -0.245 e. The van der Waals surface area contributed by atoms with Gasteiger partial charge in [-0.2, -0.15) is 23.7 Å². The zero-order valence-corrected chi connectivity index (χ0v) is 10.5. The van der Waals surface area contributed by atoms with E-state index in [0.717, 1.165) is 0 Å². The van der Waals surface area contributed by atoms with Gasteiger partial charge >= 0.3 is 6.18 Å². The molecule has 7 heteroatoms. The summed E-state index contributed by atoms with van der Waals surface area (Å²) in [7, 11) is 0. The minimum atomic E-state index is -4.39. The molecular formula is C12H9ClF3N3. The van der Waals surface area contributed by atoms with Crippen LogP contribution in [0, 0.1) is 28.1 Å². The van der Waals surface area contributed by atoms with Gasteiger partial charge in [0.1, 0.15) is 10.6 Å². The predicted molar refractivity (Wildman–Crippen MR) is 61.9 cm³/mol. The Morgan fingerprint density at radius 1 is 1.21 bits per heavy atom. The van der Waals surface area contributed by atoms with E-state index >= 15 is 0 Å². The second kappa shape index (κ2) is 5.90. The standard InChI is InChI=1S/C12H9ClF3N3/c13-10-5-9(1-4-19-10)6-11(7-17,8-18)2-3-12(14,15)16/h1,4-5H,2-3,6H2. The number of nitrogens with zero attached hydrogens (tertiary/aromatic N) is 3. The summed E-state index contributed by atoms with van der Waals surface area (Å²) in [4.78, 5) is 3.73. The Kier molecular flexibility index (Phi) is 4.74. The van der Waals surface area contributed by atoms with Crippen LogP contribution in [0.15, 0.2) is 18.3 Å². The van der Waals surface area contributed by atoms with Gasteiger partial charge in [-0.25, -0.2) is 4.98 Å². The molecule has 1 heterocycles. The van der Waals surface area contributed by atoms with Crippen LogP contribution in [0.5, 0.6) is 0 Å². The van der Waals surface area contributed by atoms with Gasteiger partial charge in [0.2, 0.25) is 0 Å². The van der Waals surface area contributed by atoms with E-state index in [1.165, 1.54) is 18.3 Å². The largest absolute Gasteiger partial charge is 0.389 e. The Bertz CT molecular complexity index is 514. The van der Waals surface area contributed by atoms with Crippen LogP contribution in [0.2, 0.25) is 5.15 Å². The number of hydrogen-bond acceptors (Lipinski definition) is 3. The average molecular weight is 288 g/mol. The van der Waals surface area contributed by atoms with Crippen LogP contribution in [0.4, 0.5) is 13.2 Å². The second-order valence-electron chi connectivity index (χ2n) is 4.08. The van der Waals surface area contributed by atoms with Gasteiger partial charge in [0, 0.05) is 19.0 Å². The Hall–Kier alpha value is -1.79. The number of pyridine rings is 1. The number of nitriles is 2. The van der Waals surface area contributed by atoms with Gasteiger partial charge in [-0.1, -0.05) is 11.6 Å². The Labute approximate surface area is 113 Å². The highest BCUT2D eigenvalue weighted by Gasteiger charge is 2.37. The molecule has 0 amide bonds. The van der Waals surface area contributed by atoms with Crippen molar-refractivity contribution >= 4 is 11.6 Å². The molecule has 3 nitrogen and oxygen atoms in total. The molecule has 0 saturated carbocycles. The van der Waals surface area contributed by atoms with Crippen molar-refractivity contribution in [3.05, 3.63) is 29.0 Å². The molecule has 0 aliphatic heterocycles. The van der Waals surface area contributed by atoms with E-state index in [2.05, 4.69) is 4.98 Å². The van der Waals surface area contributed by atoms with E-state index in [4.69, 9.17) is 22.1 Å². The molecule has 0 bridgehead atoms. The molecule has 0 aromatic carbocycles. The Balaban J connectivity index is 2.89. The molecule has 0 aliphatic rings. The molecule has 100 valence electrons. The lowest BCUT2D eigenvalue weighted by Gasteiger charge is -2.19. The Morgan fingerprint density at radius 2 is 1.84 bits per heavy atom. The van der Waals surface area contributed by atoms with E-state index in [1.54, 1.807) is 12.1 Å². The highest BCUT2D eigenvalue weighted by Crippen LogP contribution is 2.33. The van der Waals surface area contributed by atoms with Crippen LogP contribution >= 0.6 is 11.6 Å². The lowest BCUT2D eigenvalue weighted by molar-refractivity contribution is -0.138. The molecule has 0 N–H and O–H groups in total. The molecule has 0 spiro atoms. The topological polar surface area (TPSA) is 60.5 Å². The first-order valence-electron chi connectivity index (χ1n) is 5.30. The second-order valence-corrected chi connectivity index (χ2v) is 4.47. The number of rotatable bonds is 4. The fourth-order valence-electron chi connectivity index (χ4n) is 1.56. The molecule has 0 aliphatic carbocycles. The summed E-state index contributed by atoms with van der Waals surface area (Å²) in [5, 5.41) is 18.2. The smallest absolute Gasteiger partial charge is 0.245 e. The molecule has 0 radical (unpaired) electrons. The van der Waals surface area contributed by atoms with Crippen molar-refractivity contribution in [1.82, 2.24) is 4.98 Å². The van der Waals surface area contributed by atoms with E-state index < -0.39 is 24.4 Å². The molecule has 19 heavy (non-hydrogen) atoms. The molecule has 0 fully saturated rings. The summed E-state index contributed by atoms with van der Waals surface area (Å²) in [5.74, 6) is 0. The van der Waals surface area contributed by atoms with Crippen molar-refractivity contribution in [1.29, 1.82) is 10.5 Å². The van der Waals surface area contributed by atoms with Gasteiger partial charge in [0.25, 0.3) is 0 Å². The highest BCUT2D eigenvalue weighted by molar-refractivity contribution is 6.29. The maximum Gasteiger partial charge on any atom is 0.389 e. The van der Waals surface area contributed by atoms with Crippen LogP contribution in [0.1, 0.15) is 18.4 Å². The minimum absolute atomic E-state index is 0.113. The van der Waals surface area contributed by atoms with Crippen LogP contribution < -0.4 is 0 Å². The van der Waals surface area contributed by atoms with E-state index in [9.17, 15) is 13.2 Å². The predicted octanol–water partition coefficient (Wildman–Crippen LogP) is 3.65. The lowest BCUT2D eigenvalue weighted by Crippen LogP contribution is -2.23. The summed E-state index contributed by atoms with van der Waals surface area (Å²) in [6, 6.07) is 6.31. The van der Waals surface area contributed by atoms with Crippen molar-refractivity contribution in [3.63, 3.8) is 0 Å².